The van der Waals surface area contributed by atoms with E-state index < -0.39 is 0 Å². The third-order valence-electron chi connectivity index (χ3n) is 4.47. The van der Waals surface area contributed by atoms with E-state index in [-0.39, 0.29) is 17.4 Å². The molecule has 0 heterocycles. The van der Waals surface area contributed by atoms with E-state index in [2.05, 4.69) is 20.8 Å². The molecule has 0 aliphatic heterocycles. The Kier molecular flexibility index (Phi) is 8.31. The van der Waals surface area contributed by atoms with Crippen LogP contribution < -0.4 is 5.73 Å². The second kappa shape index (κ2) is 8.57. The van der Waals surface area contributed by atoms with Crippen molar-refractivity contribution in [2.75, 3.05) is 7.11 Å². The van der Waals surface area contributed by atoms with Crippen LogP contribution in [0, 0.1) is 17.3 Å². The summed E-state index contributed by atoms with van der Waals surface area (Å²) in [5, 5.41) is 0. The summed E-state index contributed by atoms with van der Waals surface area (Å²) in [6, 6.07) is 0.216. The van der Waals surface area contributed by atoms with Crippen molar-refractivity contribution in [1.29, 1.82) is 0 Å². The van der Waals surface area contributed by atoms with Gasteiger partial charge in [0.05, 0.1) is 12.5 Å². The van der Waals surface area contributed by atoms with Crippen molar-refractivity contribution >= 4 is 5.97 Å². The highest BCUT2D eigenvalue weighted by Crippen LogP contribution is 2.46. The fourth-order valence-electron chi connectivity index (χ4n) is 3.41. The fraction of sp³-hybridized carbons (Fsp3) is 0.938. The van der Waals surface area contributed by atoms with Gasteiger partial charge in [0.15, 0.2) is 0 Å². The molecule has 1 aliphatic carbocycles. The number of rotatable bonds is 4. The number of hydrogen-bond acceptors (Lipinski definition) is 3. The van der Waals surface area contributed by atoms with Gasteiger partial charge < -0.3 is 10.5 Å². The smallest absolute Gasteiger partial charge is 0.311 e. The molecular formula is C16H33NO2. The lowest BCUT2D eigenvalue weighted by Gasteiger charge is -2.43. The van der Waals surface area contributed by atoms with E-state index in [1.165, 1.54) is 7.11 Å². The van der Waals surface area contributed by atoms with Crippen LogP contribution >= 0.6 is 0 Å². The maximum absolute atomic E-state index is 12.1. The summed E-state index contributed by atoms with van der Waals surface area (Å²) in [6.07, 6.45) is 4.83. The van der Waals surface area contributed by atoms with Crippen LogP contribution in [0.3, 0.4) is 0 Å². The predicted molar refractivity (Wildman–Crippen MR) is 80.9 cm³/mol. The van der Waals surface area contributed by atoms with Crippen LogP contribution in [0.1, 0.15) is 66.7 Å². The number of nitrogens with two attached hydrogens (primary N) is 1. The minimum atomic E-state index is -0.288. The van der Waals surface area contributed by atoms with Gasteiger partial charge in [0.25, 0.3) is 0 Å². The number of esters is 1. The maximum atomic E-state index is 12.1. The second-order valence-electron chi connectivity index (χ2n) is 5.71. The summed E-state index contributed by atoms with van der Waals surface area (Å²) in [5.41, 5.74) is 5.89. The van der Waals surface area contributed by atoms with Crippen molar-refractivity contribution in [2.45, 2.75) is 72.8 Å². The summed E-state index contributed by atoms with van der Waals surface area (Å²) < 4.78 is 5.01. The Bertz CT molecular complexity index is 267. The number of ether oxygens (including phenoxy) is 1. The average Bonchev–Trinajstić information content (AvgIpc) is 2.46. The first-order valence-corrected chi connectivity index (χ1v) is 7.83. The van der Waals surface area contributed by atoms with Gasteiger partial charge in [-0.15, -0.1) is 0 Å². The minimum Gasteiger partial charge on any atom is -0.469 e. The molecule has 0 amide bonds. The summed E-state index contributed by atoms with van der Waals surface area (Å²) in [4.78, 5) is 12.1. The number of carbonyl (C=O) groups excluding carboxylic acids is 1. The lowest BCUT2D eigenvalue weighted by molar-refractivity contribution is -0.157. The van der Waals surface area contributed by atoms with Crippen LogP contribution in [0.4, 0.5) is 0 Å². The molecule has 0 saturated heterocycles. The fourth-order valence-corrected chi connectivity index (χ4v) is 3.41. The molecule has 19 heavy (non-hydrogen) atoms. The molecule has 2 N–H and O–H groups in total. The molecule has 0 aromatic rings. The molecule has 1 aliphatic rings. The van der Waals surface area contributed by atoms with E-state index >= 15 is 0 Å². The highest BCUT2D eigenvalue weighted by molar-refractivity contribution is 5.76. The minimum absolute atomic E-state index is 0.0418. The van der Waals surface area contributed by atoms with E-state index in [1.54, 1.807) is 0 Å². The topological polar surface area (TPSA) is 52.3 Å². The van der Waals surface area contributed by atoms with E-state index in [0.29, 0.717) is 11.8 Å². The van der Waals surface area contributed by atoms with Crippen molar-refractivity contribution in [3.63, 3.8) is 0 Å². The zero-order valence-electron chi connectivity index (χ0n) is 13.7. The van der Waals surface area contributed by atoms with E-state index in [0.717, 1.165) is 32.1 Å². The Hall–Kier alpha value is -0.570. The summed E-state index contributed by atoms with van der Waals surface area (Å²) >= 11 is 0. The standard InChI is InChI=1S/C14H27NO2.C2H6/c1-5-12(15)11-7-10(3)8-14(6-2,9-11)13(16)17-4;1-2/h10-12H,5-9,15H2,1-4H3;1-2H3. The Morgan fingerprint density at radius 2 is 1.95 bits per heavy atom. The van der Waals surface area contributed by atoms with Gasteiger partial charge >= 0.3 is 5.97 Å². The zero-order chi connectivity index (χ0) is 15.1. The van der Waals surface area contributed by atoms with Crippen LogP contribution in [-0.2, 0) is 9.53 Å². The van der Waals surface area contributed by atoms with Crippen molar-refractivity contribution in [3.8, 4) is 0 Å². The van der Waals surface area contributed by atoms with E-state index in [1.807, 2.05) is 13.8 Å². The quantitative estimate of drug-likeness (QED) is 0.792. The second-order valence-corrected chi connectivity index (χ2v) is 5.71. The third-order valence-corrected chi connectivity index (χ3v) is 4.47. The molecule has 3 heteroatoms. The molecule has 3 nitrogen and oxygen atoms in total. The average molecular weight is 271 g/mol. The lowest BCUT2D eigenvalue weighted by Crippen LogP contribution is -2.44. The first kappa shape index (κ1) is 18.4. The monoisotopic (exact) mass is 271 g/mol. The number of methoxy groups -OCH3 is 1. The number of hydrogen-bond donors (Lipinski definition) is 1. The highest BCUT2D eigenvalue weighted by Gasteiger charge is 2.45. The van der Waals surface area contributed by atoms with Gasteiger partial charge in [-0.2, -0.15) is 0 Å². The normalized spacial score (nSPS) is 31.9. The van der Waals surface area contributed by atoms with Gasteiger partial charge in [0, 0.05) is 6.04 Å². The Labute approximate surface area is 119 Å². The zero-order valence-corrected chi connectivity index (χ0v) is 13.7. The van der Waals surface area contributed by atoms with Crippen molar-refractivity contribution < 1.29 is 9.53 Å². The molecule has 0 aromatic heterocycles. The largest absolute Gasteiger partial charge is 0.469 e. The Balaban J connectivity index is 0.00000154. The molecule has 0 radical (unpaired) electrons. The van der Waals surface area contributed by atoms with Crippen LogP contribution in [0.15, 0.2) is 0 Å². The lowest BCUT2D eigenvalue weighted by atomic mass is 9.63. The van der Waals surface area contributed by atoms with Crippen LogP contribution in [0.5, 0.6) is 0 Å². The molecule has 4 atom stereocenters. The SMILES string of the molecule is CC.CCC(N)C1CC(C)CC(CC)(C(=O)OC)C1. The molecule has 1 saturated carbocycles. The number of carbonyl (C=O) groups is 1. The molecule has 114 valence electrons. The van der Waals surface area contributed by atoms with Crippen LogP contribution in [0.2, 0.25) is 0 Å². The molecule has 1 fully saturated rings. The van der Waals surface area contributed by atoms with Gasteiger partial charge in [-0.25, -0.2) is 0 Å². The molecule has 0 spiro atoms. The van der Waals surface area contributed by atoms with Crippen molar-refractivity contribution in [3.05, 3.63) is 0 Å². The van der Waals surface area contributed by atoms with E-state index in [4.69, 9.17) is 10.5 Å². The molecule has 4 unspecified atom stereocenters. The Morgan fingerprint density at radius 1 is 1.37 bits per heavy atom. The first-order chi connectivity index (χ1) is 8.99. The Morgan fingerprint density at radius 3 is 2.37 bits per heavy atom. The van der Waals surface area contributed by atoms with Crippen LogP contribution in [-0.4, -0.2) is 19.1 Å². The molecule has 1 rings (SSSR count). The van der Waals surface area contributed by atoms with Gasteiger partial charge in [-0.1, -0.05) is 34.6 Å². The predicted octanol–water partition coefficient (Wildman–Crippen LogP) is 3.76. The summed E-state index contributed by atoms with van der Waals surface area (Å²) in [7, 11) is 1.49. The first-order valence-electron chi connectivity index (χ1n) is 7.83. The van der Waals surface area contributed by atoms with Gasteiger partial charge in [0.2, 0.25) is 0 Å². The summed E-state index contributed by atoms with van der Waals surface area (Å²) in [5.74, 6) is 0.980. The highest BCUT2D eigenvalue weighted by atomic mass is 16.5. The summed E-state index contributed by atoms with van der Waals surface area (Å²) in [6.45, 7) is 10.4. The molecular weight excluding hydrogens is 238 g/mol. The van der Waals surface area contributed by atoms with Gasteiger partial charge in [-0.05, 0) is 43.9 Å². The molecule has 0 bridgehead atoms. The van der Waals surface area contributed by atoms with Crippen molar-refractivity contribution in [1.82, 2.24) is 0 Å². The maximum Gasteiger partial charge on any atom is 0.311 e. The third kappa shape index (κ3) is 4.48. The van der Waals surface area contributed by atoms with Gasteiger partial charge in [0.1, 0.15) is 0 Å². The molecule has 0 aromatic carbocycles. The van der Waals surface area contributed by atoms with E-state index in [9.17, 15) is 4.79 Å². The van der Waals surface area contributed by atoms with Gasteiger partial charge in [-0.3, -0.25) is 4.79 Å². The van der Waals surface area contributed by atoms with Crippen LogP contribution in [0.25, 0.3) is 0 Å². The van der Waals surface area contributed by atoms with Crippen molar-refractivity contribution in [2.24, 2.45) is 23.0 Å².